The van der Waals surface area contributed by atoms with Gasteiger partial charge in [-0.25, -0.2) is 4.68 Å². The minimum absolute atomic E-state index is 0.782. The Morgan fingerprint density at radius 3 is 2.70 bits per heavy atom. The number of hydrogen-bond donors (Lipinski definition) is 1. The van der Waals surface area contributed by atoms with Crippen molar-refractivity contribution in [3.05, 3.63) is 72.3 Å². The van der Waals surface area contributed by atoms with Gasteiger partial charge in [0.2, 0.25) is 0 Å². The topological polar surface area (TPSA) is 42.7 Å². The van der Waals surface area contributed by atoms with Crippen molar-refractivity contribution in [2.24, 2.45) is 0 Å². The van der Waals surface area contributed by atoms with E-state index in [1.165, 1.54) is 5.56 Å². The number of nitrogens with one attached hydrogen (secondary N) is 1. The molecular formula is C16H16N4. The number of aryl methyl sites for hydroxylation is 1. The molecule has 0 radical (unpaired) electrons. The maximum atomic E-state index is 4.21. The van der Waals surface area contributed by atoms with Crippen LogP contribution in [0, 0.1) is 6.92 Å². The smallest absolute Gasteiger partial charge is 0.0645 e. The van der Waals surface area contributed by atoms with E-state index in [2.05, 4.69) is 45.7 Å². The average Bonchev–Trinajstić information content (AvgIpc) is 3.00. The fraction of sp³-hybridized carbons (Fsp3) is 0.125. The van der Waals surface area contributed by atoms with Crippen molar-refractivity contribution in [3.63, 3.8) is 0 Å². The summed E-state index contributed by atoms with van der Waals surface area (Å²) in [5.74, 6) is 0. The van der Waals surface area contributed by atoms with Crippen LogP contribution in [-0.4, -0.2) is 14.8 Å². The lowest BCUT2D eigenvalue weighted by Gasteiger charge is -2.08. The lowest BCUT2D eigenvalue weighted by atomic mass is 10.2. The van der Waals surface area contributed by atoms with Crippen molar-refractivity contribution in [2.45, 2.75) is 13.5 Å². The molecule has 0 spiro atoms. The van der Waals surface area contributed by atoms with Crippen LogP contribution in [0.3, 0.4) is 0 Å². The molecule has 2 aromatic heterocycles. The number of benzene rings is 1. The van der Waals surface area contributed by atoms with Gasteiger partial charge in [0.05, 0.1) is 11.4 Å². The number of rotatable bonds is 4. The molecule has 1 N–H and O–H groups in total. The summed E-state index contributed by atoms with van der Waals surface area (Å²) in [6.07, 6.45) is 7.40. The summed E-state index contributed by atoms with van der Waals surface area (Å²) in [5.41, 5.74) is 4.49. The lowest BCUT2D eigenvalue weighted by Crippen LogP contribution is -2.01. The molecule has 4 heteroatoms. The van der Waals surface area contributed by atoms with Gasteiger partial charge in [-0.3, -0.25) is 4.98 Å². The fourth-order valence-electron chi connectivity index (χ4n) is 2.04. The van der Waals surface area contributed by atoms with E-state index in [9.17, 15) is 0 Å². The van der Waals surface area contributed by atoms with Gasteiger partial charge < -0.3 is 5.32 Å². The Labute approximate surface area is 118 Å². The Hall–Kier alpha value is -2.62. The van der Waals surface area contributed by atoms with Crippen molar-refractivity contribution in [1.82, 2.24) is 14.8 Å². The van der Waals surface area contributed by atoms with Crippen LogP contribution in [0.2, 0.25) is 0 Å². The van der Waals surface area contributed by atoms with Gasteiger partial charge in [-0.05, 0) is 42.3 Å². The Balaban J connectivity index is 1.67. The molecule has 0 bridgehead atoms. The van der Waals surface area contributed by atoms with Crippen molar-refractivity contribution < 1.29 is 0 Å². The SMILES string of the molecule is Cc1cncc(NCc2ccc(-n3cccn3)cc2)c1. The molecule has 0 saturated heterocycles. The molecule has 0 fully saturated rings. The van der Waals surface area contributed by atoms with E-state index in [0.29, 0.717) is 0 Å². The minimum atomic E-state index is 0.782. The average molecular weight is 264 g/mol. The number of hydrogen-bond acceptors (Lipinski definition) is 3. The van der Waals surface area contributed by atoms with Crippen molar-refractivity contribution in [3.8, 4) is 5.69 Å². The minimum Gasteiger partial charge on any atom is -0.380 e. The van der Waals surface area contributed by atoms with Gasteiger partial charge in [0, 0.05) is 31.3 Å². The van der Waals surface area contributed by atoms with Gasteiger partial charge >= 0.3 is 0 Å². The van der Waals surface area contributed by atoms with Crippen LogP contribution in [0.1, 0.15) is 11.1 Å². The van der Waals surface area contributed by atoms with Crippen LogP contribution in [0.5, 0.6) is 0 Å². The third kappa shape index (κ3) is 2.85. The van der Waals surface area contributed by atoms with Crippen LogP contribution < -0.4 is 5.32 Å². The largest absolute Gasteiger partial charge is 0.380 e. The summed E-state index contributed by atoms with van der Waals surface area (Å²) < 4.78 is 1.85. The molecule has 0 aliphatic rings. The molecule has 4 nitrogen and oxygen atoms in total. The first-order valence-corrected chi connectivity index (χ1v) is 6.56. The monoisotopic (exact) mass is 264 g/mol. The number of aromatic nitrogens is 3. The first-order chi connectivity index (χ1) is 9.81. The number of anilines is 1. The van der Waals surface area contributed by atoms with Gasteiger partial charge in [-0.2, -0.15) is 5.10 Å². The zero-order valence-electron chi connectivity index (χ0n) is 11.3. The molecule has 3 rings (SSSR count). The predicted molar refractivity (Wildman–Crippen MR) is 79.9 cm³/mol. The Morgan fingerprint density at radius 1 is 1.15 bits per heavy atom. The molecule has 0 atom stereocenters. The van der Waals surface area contributed by atoms with Gasteiger partial charge in [-0.1, -0.05) is 12.1 Å². The van der Waals surface area contributed by atoms with Gasteiger partial charge in [-0.15, -0.1) is 0 Å². The summed E-state index contributed by atoms with van der Waals surface area (Å²) in [5, 5.41) is 7.58. The normalized spacial score (nSPS) is 10.4. The highest BCUT2D eigenvalue weighted by Crippen LogP contribution is 2.12. The molecular weight excluding hydrogens is 248 g/mol. The Morgan fingerprint density at radius 2 is 2.00 bits per heavy atom. The van der Waals surface area contributed by atoms with Gasteiger partial charge in [0.1, 0.15) is 0 Å². The summed E-state index contributed by atoms with van der Waals surface area (Å²) in [4.78, 5) is 4.17. The van der Waals surface area contributed by atoms with Crippen LogP contribution in [0.4, 0.5) is 5.69 Å². The quantitative estimate of drug-likeness (QED) is 0.787. The molecule has 0 amide bonds. The summed E-state index contributed by atoms with van der Waals surface area (Å²) >= 11 is 0. The second kappa shape index (κ2) is 5.57. The van der Waals surface area contributed by atoms with Crippen LogP contribution >= 0.6 is 0 Å². The summed E-state index contributed by atoms with van der Waals surface area (Å²) in [7, 11) is 0. The summed E-state index contributed by atoms with van der Waals surface area (Å²) in [6, 6.07) is 12.4. The molecule has 20 heavy (non-hydrogen) atoms. The highest BCUT2D eigenvalue weighted by atomic mass is 15.3. The zero-order chi connectivity index (χ0) is 13.8. The number of nitrogens with zero attached hydrogens (tertiary/aromatic N) is 3. The van der Waals surface area contributed by atoms with Crippen LogP contribution in [0.15, 0.2) is 61.2 Å². The Bertz CT molecular complexity index is 672. The van der Waals surface area contributed by atoms with E-state index in [-0.39, 0.29) is 0 Å². The van der Waals surface area contributed by atoms with Crippen LogP contribution in [-0.2, 0) is 6.54 Å². The van der Waals surface area contributed by atoms with E-state index in [1.807, 2.05) is 36.3 Å². The molecule has 0 unspecified atom stereocenters. The summed E-state index contributed by atoms with van der Waals surface area (Å²) in [6.45, 7) is 2.82. The van der Waals surface area contributed by atoms with E-state index in [4.69, 9.17) is 0 Å². The second-order valence-corrected chi connectivity index (χ2v) is 4.72. The lowest BCUT2D eigenvalue weighted by molar-refractivity contribution is 0.879. The maximum absolute atomic E-state index is 4.21. The first kappa shape index (κ1) is 12.4. The van der Waals surface area contributed by atoms with Crippen molar-refractivity contribution in [1.29, 1.82) is 0 Å². The highest BCUT2D eigenvalue weighted by Gasteiger charge is 1.98. The van der Waals surface area contributed by atoms with Crippen molar-refractivity contribution in [2.75, 3.05) is 5.32 Å². The molecule has 0 aliphatic carbocycles. The molecule has 2 heterocycles. The number of pyridine rings is 1. The standard InChI is InChI=1S/C16H16N4/c1-13-9-15(12-17-10-13)18-11-14-3-5-16(6-4-14)20-8-2-7-19-20/h2-10,12,18H,11H2,1H3. The Kier molecular flexibility index (Phi) is 3.46. The zero-order valence-corrected chi connectivity index (χ0v) is 11.3. The van der Waals surface area contributed by atoms with Crippen molar-refractivity contribution >= 4 is 5.69 Å². The third-order valence-electron chi connectivity index (χ3n) is 3.08. The van der Waals surface area contributed by atoms with Crippen LogP contribution in [0.25, 0.3) is 5.69 Å². The van der Waals surface area contributed by atoms with E-state index >= 15 is 0 Å². The second-order valence-electron chi connectivity index (χ2n) is 4.72. The van der Waals surface area contributed by atoms with E-state index in [0.717, 1.165) is 23.5 Å². The molecule has 1 aromatic carbocycles. The van der Waals surface area contributed by atoms with Gasteiger partial charge in [0.25, 0.3) is 0 Å². The first-order valence-electron chi connectivity index (χ1n) is 6.56. The fourth-order valence-corrected chi connectivity index (χ4v) is 2.04. The van der Waals surface area contributed by atoms with Gasteiger partial charge in [0.15, 0.2) is 0 Å². The third-order valence-corrected chi connectivity index (χ3v) is 3.08. The molecule has 3 aromatic rings. The maximum Gasteiger partial charge on any atom is 0.0645 e. The molecule has 0 saturated carbocycles. The predicted octanol–water partition coefficient (Wildman–Crippen LogP) is 3.19. The molecule has 0 aliphatic heterocycles. The highest BCUT2D eigenvalue weighted by molar-refractivity contribution is 5.43. The molecule has 100 valence electrons. The van der Waals surface area contributed by atoms with E-state index < -0.39 is 0 Å². The van der Waals surface area contributed by atoms with E-state index in [1.54, 1.807) is 6.20 Å².